The zero-order valence-corrected chi connectivity index (χ0v) is 21.1. The lowest BCUT2D eigenvalue weighted by atomic mass is 9.81. The molecule has 1 fully saturated rings. The summed E-state index contributed by atoms with van der Waals surface area (Å²) in [6.45, 7) is 11.0. The number of hydrogen-bond acceptors (Lipinski definition) is 5. The summed E-state index contributed by atoms with van der Waals surface area (Å²) in [5.41, 5.74) is 4.14. The number of carboxylic acid groups (broad SMARTS) is 1. The molecular formula is C26H39N5O3. The Bertz CT molecular complexity index is 1060. The van der Waals surface area contributed by atoms with Crippen LogP contribution < -0.4 is 5.32 Å². The van der Waals surface area contributed by atoms with Gasteiger partial charge in [0.15, 0.2) is 0 Å². The van der Waals surface area contributed by atoms with Gasteiger partial charge in [-0.3, -0.25) is 0 Å². The summed E-state index contributed by atoms with van der Waals surface area (Å²) in [4.78, 5) is 18.1. The molecule has 1 saturated carbocycles. The van der Waals surface area contributed by atoms with Gasteiger partial charge in [0.05, 0.1) is 23.9 Å². The minimum atomic E-state index is -0.873. The fraction of sp³-hybridized carbons (Fsp3) is 0.654. The van der Waals surface area contributed by atoms with Crippen LogP contribution in [0.5, 0.6) is 0 Å². The Morgan fingerprint density at radius 2 is 1.97 bits per heavy atom. The van der Waals surface area contributed by atoms with E-state index >= 15 is 0 Å². The average Bonchev–Trinajstić information content (AvgIpc) is 3.17. The summed E-state index contributed by atoms with van der Waals surface area (Å²) in [7, 11) is 0. The Morgan fingerprint density at radius 3 is 2.59 bits per heavy atom. The number of aliphatic hydroxyl groups excluding tert-OH is 1. The Morgan fingerprint density at radius 1 is 1.26 bits per heavy atom. The van der Waals surface area contributed by atoms with E-state index in [0.717, 1.165) is 54.5 Å². The van der Waals surface area contributed by atoms with Crippen LogP contribution in [0.1, 0.15) is 90.3 Å². The molecule has 4 rings (SSSR count). The third kappa shape index (κ3) is 4.92. The van der Waals surface area contributed by atoms with Crippen LogP contribution in [0.25, 0.3) is 11.1 Å². The maximum absolute atomic E-state index is 11.9. The standard InChI is InChI=1S/C26H39N5O3/c1-6-16(2)28-24-27-15-22-20(14-21(31(22)29-24)17-7-9-19(32)10-8-17)18-11-12-30(25(33)34)23(13-18)26(3,4)5/h13-17,19,23,32H,6-12H2,1-5H3,(H,28,29)(H,33,34). The number of anilines is 1. The molecule has 2 atom stereocenters. The normalized spacial score (nSPS) is 24.7. The molecule has 0 spiro atoms. The smallest absolute Gasteiger partial charge is 0.407 e. The van der Waals surface area contributed by atoms with E-state index in [1.54, 1.807) is 4.90 Å². The van der Waals surface area contributed by atoms with E-state index in [1.807, 2.05) is 10.7 Å². The van der Waals surface area contributed by atoms with Crippen molar-refractivity contribution in [3.8, 4) is 0 Å². The van der Waals surface area contributed by atoms with E-state index in [4.69, 9.17) is 5.10 Å². The second-order valence-electron chi connectivity index (χ2n) is 11.0. The highest BCUT2D eigenvalue weighted by Crippen LogP contribution is 2.39. The summed E-state index contributed by atoms with van der Waals surface area (Å²) < 4.78 is 2.03. The van der Waals surface area contributed by atoms with E-state index in [9.17, 15) is 15.0 Å². The number of aliphatic hydroxyl groups is 1. The van der Waals surface area contributed by atoms with Gasteiger partial charge in [0.25, 0.3) is 0 Å². The lowest BCUT2D eigenvalue weighted by Crippen LogP contribution is -2.48. The van der Waals surface area contributed by atoms with Crippen molar-refractivity contribution in [1.82, 2.24) is 19.5 Å². The van der Waals surface area contributed by atoms with Gasteiger partial charge in [-0.15, -0.1) is 5.10 Å². The fourth-order valence-corrected chi connectivity index (χ4v) is 5.22. The maximum atomic E-state index is 11.9. The van der Waals surface area contributed by atoms with Gasteiger partial charge >= 0.3 is 6.09 Å². The molecule has 2 aliphatic rings. The maximum Gasteiger partial charge on any atom is 0.407 e. The number of amides is 1. The third-order valence-electron chi connectivity index (χ3n) is 7.44. The first-order valence-corrected chi connectivity index (χ1v) is 12.6. The van der Waals surface area contributed by atoms with Crippen molar-refractivity contribution < 1.29 is 15.0 Å². The van der Waals surface area contributed by atoms with Crippen LogP contribution >= 0.6 is 0 Å². The molecule has 2 unspecified atom stereocenters. The highest BCUT2D eigenvalue weighted by atomic mass is 16.4. The molecule has 186 valence electrons. The molecule has 1 aliphatic heterocycles. The van der Waals surface area contributed by atoms with Crippen LogP contribution in [-0.4, -0.2) is 60.5 Å². The van der Waals surface area contributed by atoms with Crippen molar-refractivity contribution in [2.24, 2.45) is 5.41 Å². The second-order valence-corrected chi connectivity index (χ2v) is 11.0. The highest BCUT2D eigenvalue weighted by Gasteiger charge is 2.36. The average molecular weight is 470 g/mol. The van der Waals surface area contributed by atoms with Crippen molar-refractivity contribution in [1.29, 1.82) is 0 Å². The summed E-state index contributed by atoms with van der Waals surface area (Å²) in [5, 5.41) is 28.1. The van der Waals surface area contributed by atoms with Gasteiger partial charge in [-0.05, 0) is 62.5 Å². The highest BCUT2D eigenvalue weighted by molar-refractivity contribution is 5.81. The molecule has 0 radical (unpaired) electrons. The van der Waals surface area contributed by atoms with Crippen LogP contribution in [0.4, 0.5) is 10.7 Å². The topological polar surface area (TPSA) is 103 Å². The molecule has 1 amide bonds. The van der Waals surface area contributed by atoms with Crippen molar-refractivity contribution in [3.63, 3.8) is 0 Å². The predicted octanol–water partition coefficient (Wildman–Crippen LogP) is 5.14. The van der Waals surface area contributed by atoms with Gasteiger partial charge in [-0.25, -0.2) is 14.3 Å². The molecule has 3 N–H and O–H groups in total. The Kier molecular flexibility index (Phi) is 6.90. The van der Waals surface area contributed by atoms with Gasteiger partial charge in [0.1, 0.15) is 0 Å². The molecule has 0 bridgehead atoms. The molecule has 0 saturated heterocycles. The number of rotatable bonds is 5. The monoisotopic (exact) mass is 469 g/mol. The summed E-state index contributed by atoms with van der Waals surface area (Å²) >= 11 is 0. The zero-order valence-electron chi connectivity index (χ0n) is 21.1. The summed E-state index contributed by atoms with van der Waals surface area (Å²) in [6, 6.07) is 2.31. The number of fused-ring (bicyclic) bond motifs is 1. The van der Waals surface area contributed by atoms with E-state index in [-0.39, 0.29) is 23.6 Å². The van der Waals surface area contributed by atoms with Gasteiger partial charge in [0, 0.05) is 29.8 Å². The number of carbonyl (C=O) groups is 1. The molecule has 34 heavy (non-hydrogen) atoms. The second kappa shape index (κ2) is 9.56. The number of aromatic nitrogens is 3. The Labute approximate surface area is 202 Å². The SMILES string of the molecule is CCC(C)Nc1ncc2c(C3=CC(C(C)(C)C)N(C(=O)O)CC3)cc(C3CCC(O)CC3)n2n1. The van der Waals surface area contributed by atoms with E-state index in [0.29, 0.717) is 24.8 Å². The minimum absolute atomic E-state index is 0.204. The van der Waals surface area contributed by atoms with Gasteiger partial charge in [-0.1, -0.05) is 33.8 Å². The van der Waals surface area contributed by atoms with E-state index < -0.39 is 6.09 Å². The fourth-order valence-electron chi connectivity index (χ4n) is 5.22. The first kappa shape index (κ1) is 24.5. The minimum Gasteiger partial charge on any atom is -0.465 e. The number of nitrogens with one attached hydrogen (secondary N) is 1. The summed E-state index contributed by atoms with van der Waals surface area (Å²) in [6.07, 6.45) is 8.05. The van der Waals surface area contributed by atoms with Gasteiger partial charge in [-0.2, -0.15) is 0 Å². The first-order valence-electron chi connectivity index (χ1n) is 12.6. The molecule has 2 aromatic rings. The molecule has 3 heterocycles. The van der Waals surface area contributed by atoms with Crippen molar-refractivity contribution in [2.45, 2.75) is 97.2 Å². The van der Waals surface area contributed by atoms with Crippen LogP contribution in [0.2, 0.25) is 0 Å². The number of hydrogen-bond donors (Lipinski definition) is 3. The largest absolute Gasteiger partial charge is 0.465 e. The summed E-state index contributed by atoms with van der Waals surface area (Å²) in [5.74, 6) is 0.942. The van der Waals surface area contributed by atoms with Crippen molar-refractivity contribution in [3.05, 3.63) is 29.6 Å². The quantitative estimate of drug-likeness (QED) is 0.560. The van der Waals surface area contributed by atoms with Crippen LogP contribution in [0.15, 0.2) is 18.3 Å². The van der Waals surface area contributed by atoms with Crippen molar-refractivity contribution >= 4 is 23.1 Å². The molecule has 0 aromatic carbocycles. The lowest BCUT2D eigenvalue weighted by Gasteiger charge is -2.40. The van der Waals surface area contributed by atoms with Crippen LogP contribution in [0, 0.1) is 5.41 Å². The predicted molar refractivity (Wildman–Crippen MR) is 134 cm³/mol. The first-order chi connectivity index (χ1) is 16.1. The third-order valence-corrected chi connectivity index (χ3v) is 7.44. The Balaban J connectivity index is 1.80. The van der Waals surface area contributed by atoms with E-state index in [1.165, 1.54) is 0 Å². The van der Waals surface area contributed by atoms with Crippen molar-refractivity contribution in [2.75, 3.05) is 11.9 Å². The van der Waals surface area contributed by atoms with Gasteiger partial charge in [0.2, 0.25) is 5.95 Å². The molecule has 8 nitrogen and oxygen atoms in total. The van der Waals surface area contributed by atoms with Crippen LogP contribution in [-0.2, 0) is 0 Å². The lowest BCUT2D eigenvalue weighted by molar-refractivity contribution is 0.100. The number of nitrogens with zero attached hydrogens (tertiary/aromatic N) is 4. The molecular weight excluding hydrogens is 430 g/mol. The van der Waals surface area contributed by atoms with Gasteiger partial charge < -0.3 is 20.4 Å². The molecule has 1 aliphatic carbocycles. The zero-order chi connectivity index (χ0) is 24.6. The molecule has 2 aromatic heterocycles. The molecule has 8 heteroatoms. The van der Waals surface area contributed by atoms with Crippen LogP contribution in [0.3, 0.4) is 0 Å². The Hall–Kier alpha value is -2.61. The van der Waals surface area contributed by atoms with E-state index in [2.05, 4.69) is 57.1 Å².